The monoisotopic (exact) mass is 311 g/mol. The molecular weight excluding hydrogens is 294 g/mol. The zero-order valence-electron chi connectivity index (χ0n) is 11.7. The van der Waals surface area contributed by atoms with Crippen molar-refractivity contribution in [3.8, 4) is 0 Å². The highest BCUT2D eigenvalue weighted by Crippen LogP contribution is 2.35. The summed E-state index contributed by atoms with van der Waals surface area (Å²) in [6.07, 6.45) is 4.50. The fourth-order valence-corrected chi connectivity index (χ4v) is 3.34. The second-order valence-corrected chi connectivity index (χ2v) is 6.42. The first-order valence-corrected chi connectivity index (χ1v) is 7.70. The summed E-state index contributed by atoms with van der Waals surface area (Å²) < 4.78 is 3.00. The largest absolute Gasteiger partial charge is 0.324 e. The summed E-state index contributed by atoms with van der Waals surface area (Å²) in [4.78, 5) is 20.5. The molecule has 0 heterocycles. The van der Waals surface area contributed by atoms with Crippen LogP contribution in [0.25, 0.3) is 0 Å². The molecule has 1 aliphatic rings. The van der Waals surface area contributed by atoms with Crippen LogP contribution in [0.5, 0.6) is 0 Å². The lowest BCUT2D eigenvalue weighted by Crippen LogP contribution is -2.15. The molecule has 1 aliphatic carbocycles. The van der Waals surface area contributed by atoms with E-state index in [-0.39, 0.29) is 11.4 Å². The smallest absolute Gasteiger partial charge is 0.300 e. The molecule has 0 saturated heterocycles. The summed E-state index contributed by atoms with van der Waals surface area (Å²) >= 11 is 1.47. The average Bonchev–Trinajstić information content (AvgIpc) is 2.46. The number of benzene rings is 1. The van der Waals surface area contributed by atoms with E-state index in [2.05, 4.69) is 11.6 Å². The third-order valence-corrected chi connectivity index (χ3v) is 4.83. The molecule has 1 saturated carbocycles. The van der Waals surface area contributed by atoms with Crippen LogP contribution in [-0.4, -0.2) is 15.1 Å². The average molecular weight is 311 g/mol. The molecule has 0 unspecified atom stereocenters. The van der Waals surface area contributed by atoms with Crippen molar-refractivity contribution in [3.05, 3.63) is 38.4 Å². The Morgan fingerprint density at radius 1 is 1.14 bits per heavy atom. The Labute approximate surface area is 126 Å². The van der Waals surface area contributed by atoms with Gasteiger partial charge in [0.1, 0.15) is 5.69 Å². The number of anilines is 1. The van der Waals surface area contributed by atoms with Crippen molar-refractivity contribution < 1.29 is 9.85 Å². The predicted molar refractivity (Wildman–Crippen MR) is 82.4 cm³/mol. The van der Waals surface area contributed by atoms with E-state index in [1.54, 1.807) is 0 Å². The minimum absolute atomic E-state index is 0.263. The molecule has 2 rings (SSSR count). The molecule has 0 atom stereocenters. The Morgan fingerprint density at radius 2 is 1.81 bits per heavy atom. The summed E-state index contributed by atoms with van der Waals surface area (Å²) in [5, 5.41) is 22.1. The first kappa shape index (κ1) is 15.6. The first-order chi connectivity index (χ1) is 9.97. The van der Waals surface area contributed by atoms with Crippen LogP contribution < -0.4 is 4.72 Å². The number of hydrogen-bond acceptors (Lipinski definition) is 6. The Bertz CT molecular complexity index is 544. The molecule has 1 aromatic carbocycles. The van der Waals surface area contributed by atoms with Crippen LogP contribution in [0.3, 0.4) is 0 Å². The van der Waals surface area contributed by atoms with Gasteiger partial charge >= 0.3 is 0 Å². The normalized spacial score (nSPS) is 21.8. The van der Waals surface area contributed by atoms with E-state index in [1.165, 1.54) is 36.9 Å². The predicted octanol–water partition coefficient (Wildman–Crippen LogP) is 4.14. The van der Waals surface area contributed by atoms with Crippen molar-refractivity contribution in [3.63, 3.8) is 0 Å². The third-order valence-electron chi connectivity index (χ3n) is 3.69. The van der Waals surface area contributed by atoms with Gasteiger partial charge in [-0.15, -0.1) is 0 Å². The molecule has 21 heavy (non-hydrogen) atoms. The number of non-ortho nitro benzene ring substituents is 1. The molecule has 1 fully saturated rings. The summed E-state index contributed by atoms with van der Waals surface area (Å²) in [7, 11) is 0. The van der Waals surface area contributed by atoms with Gasteiger partial charge in [0.15, 0.2) is 0 Å². The van der Waals surface area contributed by atoms with Gasteiger partial charge in [0, 0.05) is 11.3 Å². The number of rotatable bonds is 5. The second kappa shape index (κ2) is 6.75. The van der Waals surface area contributed by atoms with Gasteiger partial charge in [-0.25, -0.2) is 0 Å². The Balaban J connectivity index is 2.05. The Morgan fingerprint density at radius 3 is 2.38 bits per heavy atom. The number of nitrogens with zero attached hydrogens (tertiary/aromatic N) is 2. The van der Waals surface area contributed by atoms with E-state index < -0.39 is 9.85 Å². The van der Waals surface area contributed by atoms with Crippen molar-refractivity contribution in [2.75, 3.05) is 4.72 Å². The minimum Gasteiger partial charge on any atom is -0.324 e. The molecule has 7 nitrogen and oxygen atoms in total. The molecule has 0 spiro atoms. The lowest BCUT2D eigenvalue weighted by Gasteiger charge is -2.25. The quantitative estimate of drug-likeness (QED) is 0.498. The number of nitro benzene ring substituents is 2. The zero-order chi connectivity index (χ0) is 15.4. The van der Waals surface area contributed by atoms with E-state index in [1.807, 2.05) is 0 Å². The van der Waals surface area contributed by atoms with Gasteiger partial charge < -0.3 is 4.72 Å². The van der Waals surface area contributed by atoms with E-state index in [4.69, 9.17) is 0 Å². The van der Waals surface area contributed by atoms with Gasteiger partial charge in [0.25, 0.3) is 11.4 Å². The minimum atomic E-state index is -0.632. The van der Waals surface area contributed by atoms with Crippen LogP contribution in [-0.2, 0) is 0 Å². The zero-order valence-corrected chi connectivity index (χ0v) is 12.5. The molecule has 0 bridgehead atoms. The maximum absolute atomic E-state index is 11.0. The van der Waals surface area contributed by atoms with Gasteiger partial charge in [0.05, 0.1) is 15.9 Å². The van der Waals surface area contributed by atoms with Crippen molar-refractivity contribution in [2.24, 2.45) is 5.92 Å². The van der Waals surface area contributed by atoms with Crippen LogP contribution in [0, 0.1) is 26.1 Å². The second-order valence-electron chi connectivity index (χ2n) is 5.32. The molecule has 0 aromatic heterocycles. The Hall–Kier alpha value is -1.83. The van der Waals surface area contributed by atoms with Crippen molar-refractivity contribution in [1.29, 1.82) is 0 Å². The fraction of sp³-hybridized carbons (Fsp3) is 0.538. The van der Waals surface area contributed by atoms with E-state index in [9.17, 15) is 20.2 Å². The van der Waals surface area contributed by atoms with Gasteiger partial charge in [-0.05, 0) is 49.6 Å². The molecule has 8 heteroatoms. The third kappa shape index (κ3) is 4.07. The van der Waals surface area contributed by atoms with Gasteiger partial charge in [0.2, 0.25) is 0 Å². The highest BCUT2D eigenvalue weighted by Gasteiger charge is 2.22. The molecule has 1 N–H and O–H groups in total. The summed E-state index contributed by atoms with van der Waals surface area (Å²) in [6, 6.07) is 3.67. The highest BCUT2D eigenvalue weighted by atomic mass is 32.2. The van der Waals surface area contributed by atoms with Crippen molar-refractivity contribution in [2.45, 2.75) is 37.9 Å². The van der Waals surface area contributed by atoms with E-state index >= 15 is 0 Å². The lowest BCUT2D eigenvalue weighted by atomic mass is 9.91. The van der Waals surface area contributed by atoms with Crippen LogP contribution in [0.15, 0.2) is 18.2 Å². The van der Waals surface area contributed by atoms with E-state index in [0.29, 0.717) is 10.9 Å². The molecule has 0 aliphatic heterocycles. The Kier molecular flexibility index (Phi) is 5.00. The van der Waals surface area contributed by atoms with E-state index in [0.717, 1.165) is 24.8 Å². The summed E-state index contributed by atoms with van der Waals surface area (Å²) in [6.45, 7) is 2.23. The van der Waals surface area contributed by atoms with Crippen LogP contribution in [0.1, 0.15) is 32.6 Å². The summed E-state index contributed by atoms with van der Waals surface area (Å²) in [5.41, 5.74) is -0.223. The molecular formula is C13H17N3O4S. The molecule has 0 amide bonds. The van der Waals surface area contributed by atoms with Gasteiger partial charge in [-0.2, -0.15) is 0 Å². The van der Waals surface area contributed by atoms with Crippen molar-refractivity contribution in [1.82, 2.24) is 0 Å². The van der Waals surface area contributed by atoms with Gasteiger partial charge in [-0.1, -0.05) is 6.92 Å². The standard InChI is InChI=1S/C13H17N3O4S/c1-9-2-5-11(6-3-9)21-14-12-7-4-10(15(17)18)8-13(12)16(19)20/h4,7-9,11,14H,2-3,5-6H2,1H3. The van der Waals surface area contributed by atoms with Crippen LogP contribution in [0.2, 0.25) is 0 Å². The van der Waals surface area contributed by atoms with Crippen LogP contribution in [0.4, 0.5) is 17.1 Å². The molecule has 0 radical (unpaired) electrons. The van der Waals surface area contributed by atoms with Crippen LogP contribution >= 0.6 is 11.9 Å². The lowest BCUT2D eigenvalue weighted by molar-refractivity contribution is -0.393. The van der Waals surface area contributed by atoms with Gasteiger partial charge in [-0.3, -0.25) is 20.2 Å². The first-order valence-electron chi connectivity index (χ1n) is 6.82. The number of nitro groups is 2. The SMILES string of the molecule is CC1CCC(SNc2ccc([N+](=O)[O-])cc2[N+](=O)[O-])CC1. The molecule has 114 valence electrons. The highest BCUT2D eigenvalue weighted by molar-refractivity contribution is 8.01. The topological polar surface area (TPSA) is 98.3 Å². The van der Waals surface area contributed by atoms with Crippen molar-refractivity contribution >= 4 is 29.0 Å². The number of nitrogens with one attached hydrogen (secondary N) is 1. The fourth-order valence-electron chi connectivity index (χ4n) is 2.37. The summed E-state index contributed by atoms with van der Waals surface area (Å²) in [5.74, 6) is 0.746. The molecule has 1 aromatic rings. The number of hydrogen-bond donors (Lipinski definition) is 1. The maximum atomic E-state index is 11.0. The maximum Gasteiger partial charge on any atom is 0.300 e.